The lowest BCUT2D eigenvalue weighted by Crippen LogP contribution is -2.47. The van der Waals surface area contributed by atoms with Gasteiger partial charge in [-0.15, -0.1) is 0 Å². The molecule has 0 saturated carbocycles. The van der Waals surface area contributed by atoms with E-state index in [0.29, 0.717) is 10.0 Å². The zero-order valence-corrected chi connectivity index (χ0v) is 22.8. The summed E-state index contributed by atoms with van der Waals surface area (Å²) in [5.74, 6) is 0. The van der Waals surface area contributed by atoms with E-state index in [1.54, 1.807) is 0 Å². The SMILES string of the molecule is Cc1c(N2CCN(C)CC2)c(N2CCN(C)CC2)c(-c2ccc(Cl)cc2)n1-c1ccc(Cl)cc1Cl. The number of nitrogens with zero attached hydrogens (tertiary/aromatic N) is 5. The summed E-state index contributed by atoms with van der Waals surface area (Å²) in [6.45, 7) is 10.3. The minimum atomic E-state index is 0.634. The Balaban J connectivity index is 1.78. The van der Waals surface area contributed by atoms with Gasteiger partial charge in [-0.3, -0.25) is 0 Å². The molecular weight excluding hydrogens is 501 g/mol. The van der Waals surface area contributed by atoms with Crippen LogP contribution in [0.15, 0.2) is 42.5 Å². The van der Waals surface area contributed by atoms with Crippen LogP contribution >= 0.6 is 34.8 Å². The van der Waals surface area contributed by atoms with Gasteiger partial charge in [-0.25, -0.2) is 0 Å². The maximum Gasteiger partial charge on any atom is 0.0874 e. The van der Waals surface area contributed by atoms with Crippen molar-refractivity contribution in [3.63, 3.8) is 0 Å². The Bertz CT molecular complexity index is 1190. The van der Waals surface area contributed by atoms with Crippen LogP contribution in [0.3, 0.4) is 0 Å². The Morgan fingerprint density at radius 1 is 0.629 bits per heavy atom. The molecule has 35 heavy (non-hydrogen) atoms. The van der Waals surface area contributed by atoms with E-state index < -0.39 is 0 Å². The van der Waals surface area contributed by atoms with E-state index in [4.69, 9.17) is 34.8 Å². The average Bonchev–Trinajstić information content (AvgIpc) is 3.13. The molecule has 3 heterocycles. The fourth-order valence-electron chi connectivity index (χ4n) is 5.24. The summed E-state index contributed by atoms with van der Waals surface area (Å²) in [5, 5.41) is 2.00. The van der Waals surface area contributed by atoms with Crippen LogP contribution < -0.4 is 9.80 Å². The predicted molar refractivity (Wildman–Crippen MR) is 150 cm³/mol. The molecule has 0 bridgehead atoms. The van der Waals surface area contributed by atoms with Gasteiger partial charge in [0.2, 0.25) is 0 Å². The van der Waals surface area contributed by atoms with Gasteiger partial charge < -0.3 is 24.2 Å². The molecule has 3 aromatic rings. The molecular formula is C27H32Cl3N5. The lowest BCUT2D eigenvalue weighted by atomic mass is 10.1. The molecule has 0 amide bonds. The third kappa shape index (κ3) is 4.90. The molecule has 0 atom stereocenters. The van der Waals surface area contributed by atoms with Crippen LogP contribution in [-0.4, -0.2) is 80.8 Å². The van der Waals surface area contributed by atoms with Gasteiger partial charge in [0.15, 0.2) is 0 Å². The molecule has 0 unspecified atom stereocenters. The highest BCUT2D eigenvalue weighted by molar-refractivity contribution is 6.35. The van der Waals surface area contributed by atoms with Crippen molar-refractivity contribution in [2.24, 2.45) is 0 Å². The van der Waals surface area contributed by atoms with Crippen LogP contribution in [0.1, 0.15) is 5.69 Å². The van der Waals surface area contributed by atoms with Crippen LogP contribution in [-0.2, 0) is 0 Å². The summed E-state index contributed by atoms with van der Waals surface area (Å²) in [6, 6.07) is 13.9. The second kappa shape index (κ2) is 10.2. The number of hydrogen-bond acceptors (Lipinski definition) is 4. The van der Waals surface area contributed by atoms with Gasteiger partial charge in [0, 0.05) is 73.7 Å². The van der Waals surface area contributed by atoms with Gasteiger partial charge in [-0.05, 0) is 51.4 Å². The molecule has 8 heteroatoms. The maximum absolute atomic E-state index is 6.83. The smallest absolute Gasteiger partial charge is 0.0874 e. The van der Waals surface area contributed by atoms with Gasteiger partial charge in [0.25, 0.3) is 0 Å². The van der Waals surface area contributed by atoms with Crippen LogP contribution in [0, 0.1) is 6.92 Å². The standard InChI is InChI=1S/C27H32Cl3N5/c1-19-25(33-14-10-31(2)11-15-33)27(34-16-12-32(3)13-17-34)26(20-4-6-21(28)7-5-20)35(19)24-9-8-22(29)18-23(24)30/h4-9,18H,10-17H2,1-3H3. The van der Waals surface area contributed by atoms with Gasteiger partial charge in [-0.1, -0.05) is 46.9 Å². The van der Waals surface area contributed by atoms with Crippen molar-refractivity contribution >= 4 is 46.2 Å². The summed E-state index contributed by atoms with van der Waals surface area (Å²) in [7, 11) is 4.39. The minimum absolute atomic E-state index is 0.634. The zero-order valence-electron chi connectivity index (χ0n) is 20.6. The number of likely N-dealkylation sites (N-methyl/N-ethyl adjacent to an activating group) is 2. The fraction of sp³-hybridized carbons (Fsp3) is 0.407. The van der Waals surface area contributed by atoms with E-state index in [1.165, 1.54) is 17.1 Å². The normalized spacial score (nSPS) is 17.9. The second-order valence-electron chi connectivity index (χ2n) is 9.65. The first-order valence-corrected chi connectivity index (χ1v) is 13.3. The van der Waals surface area contributed by atoms with Crippen molar-refractivity contribution in [1.82, 2.24) is 14.4 Å². The summed E-state index contributed by atoms with van der Waals surface area (Å²) in [6.07, 6.45) is 0. The van der Waals surface area contributed by atoms with Gasteiger partial charge >= 0.3 is 0 Å². The van der Waals surface area contributed by atoms with E-state index in [2.05, 4.69) is 57.3 Å². The molecule has 186 valence electrons. The van der Waals surface area contributed by atoms with Crippen molar-refractivity contribution in [2.75, 3.05) is 76.3 Å². The second-order valence-corrected chi connectivity index (χ2v) is 10.9. The quantitative estimate of drug-likeness (QED) is 0.415. The van der Waals surface area contributed by atoms with Crippen molar-refractivity contribution in [3.05, 3.63) is 63.2 Å². The largest absolute Gasteiger partial charge is 0.366 e. The monoisotopic (exact) mass is 531 g/mol. The molecule has 5 nitrogen and oxygen atoms in total. The van der Waals surface area contributed by atoms with Crippen LogP contribution in [0.25, 0.3) is 16.9 Å². The number of piperazine rings is 2. The molecule has 2 aliphatic heterocycles. The van der Waals surface area contributed by atoms with Crippen molar-refractivity contribution in [1.29, 1.82) is 0 Å². The van der Waals surface area contributed by atoms with Gasteiger partial charge in [0.05, 0.1) is 27.8 Å². The molecule has 0 N–H and O–H groups in total. The Morgan fingerprint density at radius 2 is 1.14 bits per heavy atom. The summed E-state index contributed by atoms with van der Waals surface area (Å²) >= 11 is 19.4. The number of rotatable bonds is 4. The molecule has 5 rings (SSSR count). The van der Waals surface area contributed by atoms with Crippen molar-refractivity contribution in [2.45, 2.75) is 6.92 Å². The van der Waals surface area contributed by atoms with Gasteiger partial charge in [-0.2, -0.15) is 0 Å². The van der Waals surface area contributed by atoms with E-state index in [-0.39, 0.29) is 0 Å². The van der Waals surface area contributed by atoms with E-state index >= 15 is 0 Å². The van der Waals surface area contributed by atoms with Crippen molar-refractivity contribution < 1.29 is 0 Å². The van der Waals surface area contributed by atoms with E-state index in [0.717, 1.165) is 74.3 Å². The number of benzene rings is 2. The highest BCUT2D eigenvalue weighted by atomic mass is 35.5. The Hall–Kier alpha value is -1.89. The highest BCUT2D eigenvalue weighted by Gasteiger charge is 2.32. The van der Waals surface area contributed by atoms with Crippen LogP contribution in [0.5, 0.6) is 0 Å². The Morgan fingerprint density at radius 3 is 1.69 bits per heavy atom. The summed E-state index contributed by atoms with van der Waals surface area (Å²) in [4.78, 5) is 9.91. The van der Waals surface area contributed by atoms with Crippen LogP contribution in [0.2, 0.25) is 15.1 Å². The zero-order chi connectivity index (χ0) is 24.7. The first-order chi connectivity index (χ1) is 16.8. The molecule has 0 spiro atoms. The molecule has 2 aliphatic rings. The highest BCUT2D eigenvalue weighted by Crippen LogP contribution is 2.47. The lowest BCUT2D eigenvalue weighted by molar-refractivity contribution is 0.309. The number of anilines is 2. The van der Waals surface area contributed by atoms with E-state index in [1.807, 2.05) is 30.3 Å². The Labute approximate surface area is 223 Å². The van der Waals surface area contributed by atoms with Crippen LogP contribution in [0.4, 0.5) is 11.4 Å². The number of hydrogen-bond donors (Lipinski definition) is 0. The molecule has 2 fully saturated rings. The van der Waals surface area contributed by atoms with Crippen molar-refractivity contribution in [3.8, 4) is 16.9 Å². The lowest BCUT2D eigenvalue weighted by Gasteiger charge is -2.39. The summed E-state index contributed by atoms with van der Waals surface area (Å²) in [5.41, 5.74) is 7.00. The first-order valence-electron chi connectivity index (χ1n) is 12.2. The fourth-order valence-corrected chi connectivity index (χ4v) is 5.86. The summed E-state index contributed by atoms with van der Waals surface area (Å²) < 4.78 is 2.32. The molecule has 0 radical (unpaired) electrons. The number of halogens is 3. The maximum atomic E-state index is 6.83. The average molecular weight is 533 g/mol. The first kappa shape index (κ1) is 24.8. The molecule has 0 aliphatic carbocycles. The Kier molecular flexibility index (Phi) is 7.25. The topological polar surface area (TPSA) is 17.9 Å². The third-order valence-corrected chi connectivity index (χ3v) is 8.05. The van der Waals surface area contributed by atoms with E-state index in [9.17, 15) is 0 Å². The molecule has 1 aromatic heterocycles. The number of aromatic nitrogens is 1. The third-order valence-electron chi connectivity index (χ3n) is 7.26. The molecule has 2 saturated heterocycles. The predicted octanol–water partition coefficient (Wildman–Crippen LogP) is 5.92. The molecule has 2 aromatic carbocycles. The minimum Gasteiger partial charge on any atom is -0.366 e. The van der Waals surface area contributed by atoms with Gasteiger partial charge in [0.1, 0.15) is 0 Å².